The Morgan fingerprint density at radius 2 is 1.65 bits per heavy atom. The summed E-state index contributed by atoms with van der Waals surface area (Å²) in [4.78, 5) is 2.47. The van der Waals surface area contributed by atoms with Crippen LogP contribution in [0.25, 0.3) is 0 Å². The van der Waals surface area contributed by atoms with Gasteiger partial charge in [-0.2, -0.15) is 13.2 Å². The number of benzene rings is 1. The summed E-state index contributed by atoms with van der Waals surface area (Å²) in [5, 5.41) is 0. The lowest BCUT2D eigenvalue weighted by Gasteiger charge is -2.32. The van der Waals surface area contributed by atoms with Crippen molar-refractivity contribution in [2.45, 2.75) is 43.8 Å². The Hall–Kier alpha value is -1.23. The summed E-state index contributed by atoms with van der Waals surface area (Å²) in [7, 11) is 0. The fraction of sp³-hybridized carbons (Fsp3) is 0.600. The van der Waals surface area contributed by atoms with Crippen molar-refractivity contribution in [1.82, 2.24) is 4.90 Å². The Morgan fingerprint density at radius 1 is 1.00 bits per heavy atom. The van der Waals surface area contributed by atoms with Gasteiger partial charge in [0.05, 0.1) is 5.56 Å². The third-order valence-electron chi connectivity index (χ3n) is 4.37. The zero-order valence-electron chi connectivity index (χ0n) is 11.3. The van der Waals surface area contributed by atoms with E-state index in [1.165, 1.54) is 18.9 Å². The molecule has 0 unspecified atom stereocenters. The van der Waals surface area contributed by atoms with Crippen molar-refractivity contribution in [2.24, 2.45) is 0 Å². The van der Waals surface area contributed by atoms with Crippen LogP contribution in [0.3, 0.4) is 0 Å². The van der Waals surface area contributed by atoms with Crippen LogP contribution < -0.4 is 5.73 Å². The van der Waals surface area contributed by atoms with E-state index < -0.39 is 11.7 Å². The van der Waals surface area contributed by atoms with Gasteiger partial charge in [-0.05, 0) is 68.5 Å². The average molecular weight is 284 g/mol. The number of anilines is 1. The number of rotatable bonds is 2. The molecule has 0 bridgehead atoms. The second kappa shape index (κ2) is 4.95. The van der Waals surface area contributed by atoms with Gasteiger partial charge in [0.1, 0.15) is 0 Å². The number of nitrogens with zero attached hydrogens (tertiary/aromatic N) is 1. The van der Waals surface area contributed by atoms with E-state index in [4.69, 9.17) is 5.73 Å². The maximum atomic E-state index is 12.8. The molecule has 2 N–H and O–H groups in total. The number of likely N-dealkylation sites (tertiary alicyclic amines) is 1. The number of alkyl halides is 3. The molecule has 0 aromatic heterocycles. The molecule has 1 heterocycles. The topological polar surface area (TPSA) is 29.3 Å². The van der Waals surface area contributed by atoms with Gasteiger partial charge in [-0.25, -0.2) is 0 Å². The van der Waals surface area contributed by atoms with E-state index in [-0.39, 0.29) is 11.6 Å². The van der Waals surface area contributed by atoms with E-state index >= 15 is 0 Å². The van der Waals surface area contributed by atoms with E-state index in [0.717, 1.165) is 43.6 Å². The van der Waals surface area contributed by atoms with Crippen LogP contribution in [-0.2, 0) is 6.18 Å². The monoisotopic (exact) mass is 284 g/mol. The van der Waals surface area contributed by atoms with Gasteiger partial charge >= 0.3 is 6.18 Å². The smallest absolute Gasteiger partial charge is 0.399 e. The zero-order valence-corrected chi connectivity index (χ0v) is 11.3. The van der Waals surface area contributed by atoms with Crippen molar-refractivity contribution in [3.05, 3.63) is 29.3 Å². The SMILES string of the molecule is Nc1cc(C2CCN(C3CC3)CC2)cc(C(F)(F)F)c1. The standard InChI is InChI=1S/C15H19F3N2/c16-15(17,18)12-7-11(8-13(19)9-12)10-3-5-20(6-4-10)14-1-2-14/h7-10,14H,1-6,19H2. The van der Waals surface area contributed by atoms with Crippen LogP contribution in [0.4, 0.5) is 18.9 Å². The van der Waals surface area contributed by atoms with Gasteiger partial charge in [0.15, 0.2) is 0 Å². The van der Waals surface area contributed by atoms with Crippen LogP contribution in [-0.4, -0.2) is 24.0 Å². The third-order valence-corrected chi connectivity index (χ3v) is 4.37. The van der Waals surface area contributed by atoms with Crippen LogP contribution in [0.5, 0.6) is 0 Å². The molecule has 20 heavy (non-hydrogen) atoms. The number of nitrogen functional groups attached to an aromatic ring is 1. The Morgan fingerprint density at radius 3 is 2.20 bits per heavy atom. The van der Waals surface area contributed by atoms with Crippen LogP contribution in [0.15, 0.2) is 18.2 Å². The summed E-state index contributed by atoms with van der Waals surface area (Å²) in [5.41, 5.74) is 5.96. The average Bonchev–Trinajstić information content (AvgIpc) is 3.21. The van der Waals surface area contributed by atoms with Gasteiger partial charge in [-0.15, -0.1) is 0 Å². The van der Waals surface area contributed by atoms with Gasteiger partial charge in [0, 0.05) is 11.7 Å². The maximum absolute atomic E-state index is 12.8. The highest BCUT2D eigenvalue weighted by molar-refractivity contribution is 5.46. The summed E-state index contributed by atoms with van der Waals surface area (Å²) in [5.74, 6) is 0.203. The van der Waals surface area contributed by atoms with Gasteiger partial charge in [0.25, 0.3) is 0 Å². The quantitative estimate of drug-likeness (QED) is 0.840. The third kappa shape index (κ3) is 2.92. The van der Waals surface area contributed by atoms with Crippen LogP contribution in [0.2, 0.25) is 0 Å². The number of hydrogen-bond donors (Lipinski definition) is 1. The molecule has 2 aliphatic rings. The molecule has 0 amide bonds. The first-order valence-electron chi connectivity index (χ1n) is 7.15. The molecule has 5 heteroatoms. The van der Waals surface area contributed by atoms with E-state index in [1.54, 1.807) is 6.07 Å². The van der Waals surface area contributed by atoms with E-state index in [0.29, 0.717) is 0 Å². The van der Waals surface area contributed by atoms with Gasteiger partial charge in [-0.3, -0.25) is 0 Å². The molecule has 3 rings (SSSR count). The van der Waals surface area contributed by atoms with Gasteiger partial charge < -0.3 is 10.6 Å². The molecule has 1 aliphatic heterocycles. The summed E-state index contributed by atoms with van der Waals surface area (Å²) < 4.78 is 38.5. The molecule has 0 radical (unpaired) electrons. The van der Waals surface area contributed by atoms with Gasteiger partial charge in [-0.1, -0.05) is 0 Å². The first kappa shape index (κ1) is 13.7. The Balaban J connectivity index is 1.75. The van der Waals surface area contributed by atoms with Crippen LogP contribution >= 0.6 is 0 Å². The minimum atomic E-state index is -4.32. The summed E-state index contributed by atoms with van der Waals surface area (Å²) in [6.45, 7) is 1.98. The highest BCUT2D eigenvalue weighted by Crippen LogP contribution is 2.37. The molecule has 1 saturated heterocycles. The molecule has 2 fully saturated rings. The summed E-state index contributed by atoms with van der Waals surface area (Å²) in [6.07, 6.45) is 0.0929. The minimum Gasteiger partial charge on any atom is -0.399 e. The molecule has 0 spiro atoms. The Labute approximate surface area is 116 Å². The van der Waals surface area contributed by atoms with Crippen molar-refractivity contribution in [1.29, 1.82) is 0 Å². The lowest BCUT2D eigenvalue weighted by molar-refractivity contribution is -0.137. The van der Waals surface area contributed by atoms with E-state index in [9.17, 15) is 13.2 Å². The molecule has 1 aromatic carbocycles. The van der Waals surface area contributed by atoms with Crippen molar-refractivity contribution < 1.29 is 13.2 Å². The molecule has 2 nitrogen and oxygen atoms in total. The first-order chi connectivity index (χ1) is 9.43. The largest absolute Gasteiger partial charge is 0.416 e. The predicted molar refractivity (Wildman–Crippen MR) is 72.4 cm³/mol. The molecule has 1 aliphatic carbocycles. The van der Waals surface area contributed by atoms with Crippen molar-refractivity contribution >= 4 is 5.69 Å². The van der Waals surface area contributed by atoms with Crippen LogP contribution in [0.1, 0.15) is 42.7 Å². The molecular weight excluding hydrogens is 265 g/mol. The first-order valence-corrected chi connectivity index (χ1v) is 7.15. The fourth-order valence-corrected chi connectivity index (χ4v) is 3.11. The van der Waals surface area contributed by atoms with E-state index in [2.05, 4.69) is 4.90 Å². The normalized spacial score (nSPS) is 22.1. The van der Waals surface area contributed by atoms with Crippen molar-refractivity contribution in [3.63, 3.8) is 0 Å². The number of hydrogen-bond acceptors (Lipinski definition) is 2. The second-order valence-corrected chi connectivity index (χ2v) is 5.93. The van der Waals surface area contributed by atoms with E-state index in [1.807, 2.05) is 0 Å². The summed E-state index contributed by atoms with van der Waals surface area (Å²) in [6, 6.07) is 4.73. The molecule has 1 aromatic rings. The lowest BCUT2D eigenvalue weighted by atomic mass is 9.88. The number of halogens is 3. The number of piperidine rings is 1. The minimum absolute atomic E-state index is 0.203. The van der Waals surface area contributed by atoms with Crippen molar-refractivity contribution in [2.75, 3.05) is 18.8 Å². The highest BCUT2D eigenvalue weighted by Gasteiger charge is 2.34. The maximum Gasteiger partial charge on any atom is 0.416 e. The highest BCUT2D eigenvalue weighted by atomic mass is 19.4. The molecule has 1 saturated carbocycles. The molecule has 0 atom stereocenters. The fourth-order valence-electron chi connectivity index (χ4n) is 3.11. The lowest BCUT2D eigenvalue weighted by Crippen LogP contribution is -2.34. The van der Waals surface area contributed by atoms with Gasteiger partial charge in [0.2, 0.25) is 0 Å². The Kier molecular flexibility index (Phi) is 3.40. The van der Waals surface area contributed by atoms with Crippen molar-refractivity contribution in [3.8, 4) is 0 Å². The second-order valence-electron chi connectivity index (χ2n) is 5.93. The zero-order chi connectivity index (χ0) is 14.3. The summed E-state index contributed by atoms with van der Waals surface area (Å²) >= 11 is 0. The van der Waals surface area contributed by atoms with Crippen LogP contribution in [0, 0.1) is 0 Å². The predicted octanol–water partition coefficient (Wildman–Crippen LogP) is 3.63. The Bertz CT molecular complexity index is 486. The molecular formula is C15H19F3N2. The molecule has 110 valence electrons. The number of nitrogens with two attached hydrogens (primary N) is 1.